The summed E-state index contributed by atoms with van der Waals surface area (Å²) in [5.74, 6) is -1.28. The van der Waals surface area contributed by atoms with Gasteiger partial charge in [0.15, 0.2) is 0 Å². The number of nitrogens with zero attached hydrogens (tertiary/aromatic N) is 6. The third kappa shape index (κ3) is 5.70. The first-order valence-electron chi connectivity index (χ1n) is 21.0. The molecule has 3 aromatic carbocycles. The lowest BCUT2D eigenvalue weighted by Crippen LogP contribution is -2.74. The number of nitriles is 1. The lowest BCUT2D eigenvalue weighted by atomic mass is 9.49. The quantitative estimate of drug-likeness (QED) is 0.308. The Labute approximate surface area is 354 Å². The molecule has 10 rings (SSSR count). The normalized spacial score (nSPS) is 26.6. The number of anilines is 2. The van der Waals surface area contributed by atoms with Gasteiger partial charge in [-0.05, 0) is 79.8 Å². The molecule has 14 heteroatoms. The minimum absolute atomic E-state index is 0.0382. The van der Waals surface area contributed by atoms with Gasteiger partial charge >= 0.3 is 0 Å². The van der Waals surface area contributed by atoms with E-state index in [1.165, 1.54) is 0 Å². The van der Waals surface area contributed by atoms with Crippen LogP contribution in [0.5, 0.6) is 5.75 Å². The number of carbonyl (C=O) groups is 5. The summed E-state index contributed by atoms with van der Waals surface area (Å²) in [7, 11) is 0. The van der Waals surface area contributed by atoms with Crippen LogP contribution >= 0.6 is 11.6 Å². The molecule has 7 aliphatic rings. The standard InChI is InChI=1S/C46H48ClN7O6/c1-44(2)42(45(3,4)43(44)60-31-8-5-26(24-48)35(47)21-31)52-25-27-19-28(6-9-32(27)39(52)57)50-15-17-51(18-16-50)30-22-46(23-30)13-14-53(46)29-7-10-33-34(20-29)41(59)54(40(33)58)36-11-12-37(55)49-38(36)56/h5-10,19-21,30,36,42-43H,11-18,22-23,25H2,1-4H3,(H,49,55,56). The number of amides is 5. The number of hydrogen-bond donors (Lipinski definition) is 1. The van der Waals surface area contributed by atoms with Crippen LogP contribution < -0.4 is 19.9 Å². The first-order valence-corrected chi connectivity index (χ1v) is 21.4. The molecule has 2 aliphatic carbocycles. The zero-order valence-corrected chi connectivity index (χ0v) is 35.1. The molecule has 5 fully saturated rings. The second-order valence-corrected chi connectivity index (χ2v) is 19.4. The highest BCUT2D eigenvalue weighted by Crippen LogP contribution is 2.59. The number of ether oxygens (including phenoxy) is 1. The van der Waals surface area contributed by atoms with Crippen LogP contribution in [0.1, 0.15) is 102 Å². The van der Waals surface area contributed by atoms with E-state index in [1.807, 2.05) is 23.1 Å². The van der Waals surface area contributed by atoms with Crippen molar-refractivity contribution >= 4 is 52.5 Å². The number of rotatable bonds is 7. The number of hydrogen-bond acceptors (Lipinski definition) is 10. The predicted molar refractivity (Wildman–Crippen MR) is 223 cm³/mol. The topological polar surface area (TPSA) is 147 Å². The Bertz CT molecular complexity index is 2430. The summed E-state index contributed by atoms with van der Waals surface area (Å²) in [4.78, 5) is 75.4. The Balaban J connectivity index is 0.748. The number of carbonyl (C=O) groups excluding carboxylic acids is 5. The van der Waals surface area contributed by atoms with E-state index in [-0.39, 0.29) is 47.3 Å². The Kier molecular flexibility index (Phi) is 8.73. The van der Waals surface area contributed by atoms with E-state index in [4.69, 9.17) is 16.3 Å². The maximum atomic E-state index is 14.0. The van der Waals surface area contributed by atoms with Gasteiger partial charge in [0.1, 0.15) is 24.0 Å². The second kappa shape index (κ2) is 13.5. The average molecular weight is 830 g/mol. The number of nitrogens with one attached hydrogen (secondary N) is 1. The summed E-state index contributed by atoms with van der Waals surface area (Å²) in [5, 5.41) is 11.9. The van der Waals surface area contributed by atoms with E-state index >= 15 is 0 Å². The summed E-state index contributed by atoms with van der Waals surface area (Å²) >= 11 is 6.31. The molecule has 5 heterocycles. The maximum absolute atomic E-state index is 14.0. The zero-order chi connectivity index (χ0) is 42.0. The van der Waals surface area contributed by atoms with Gasteiger partial charge in [-0.1, -0.05) is 39.3 Å². The van der Waals surface area contributed by atoms with Gasteiger partial charge in [-0.2, -0.15) is 5.26 Å². The van der Waals surface area contributed by atoms with Crippen molar-refractivity contribution in [2.75, 3.05) is 42.5 Å². The van der Waals surface area contributed by atoms with Crippen molar-refractivity contribution in [1.29, 1.82) is 5.26 Å². The molecule has 0 aromatic heterocycles. The highest BCUT2D eigenvalue weighted by atomic mass is 35.5. The van der Waals surface area contributed by atoms with Crippen molar-refractivity contribution in [3.8, 4) is 11.8 Å². The molecule has 1 unspecified atom stereocenters. The van der Waals surface area contributed by atoms with Crippen molar-refractivity contribution in [2.45, 2.75) is 96.1 Å². The monoisotopic (exact) mass is 829 g/mol. The molecule has 5 amide bonds. The minimum Gasteiger partial charge on any atom is -0.489 e. The molecule has 60 heavy (non-hydrogen) atoms. The van der Waals surface area contributed by atoms with Gasteiger partial charge in [0.25, 0.3) is 17.7 Å². The van der Waals surface area contributed by atoms with E-state index in [9.17, 15) is 29.2 Å². The van der Waals surface area contributed by atoms with Crippen molar-refractivity contribution in [3.63, 3.8) is 0 Å². The zero-order valence-electron chi connectivity index (χ0n) is 34.3. The molecule has 0 radical (unpaired) electrons. The Hall–Kier alpha value is -5.45. The van der Waals surface area contributed by atoms with Gasteiger partial charge in [0.2, 0.25) is 11.8 Å². The SMILES string of the molecule is CC1(C)C(Oc2ccc(C#N)c(Cl)c2)C(C)(C)C1N1Cc2cc(N3CCN(C4CC5(CCN5c5ccc6c(c5)C(=O)N(C5CCC(=O)NC5=O)C6=O)C4)CC3)ccc2C1=O. The molecule has 1 N–H and O–H groups in total. The summed E-state index contributed by atoms with van der Waals surface area (Å²) in [6.45, 7) is 13.8. The molecular formula is C46H48ClN7O6. The largest absolute Gasteiger partial charge is 0.489 e. The summed E-state index contributed by atoms with van der Waals surface area (Å²) in [6, 6.07) is 18.4. The van der Waals surface area contributed by atoms with Crippen LogP contribution in [-0.4, -0.2) is 107 Å². The van der Waals surface area contributed by atoms with Gasteiger partial charge < -0.3 is 19.4 Å². The molecule has 3 saturated heterocycles. The van der Waals surface area contributed by atoms with E-state index in [1.54, 1.807) is 24.3 Å². The van der Waals surface area contributed by atoms with E-state index in [2.05, 4.69) is 65.9 Å². The van der Waals surface area contributed by atoms with Crippen molar-refractivity contribution in [3.05, 3.63) is 87.4 Å². The van der Waals surface area contributed by atoms with E-state index in [0.29, 0.717) is 40.0 Å². The average Bonchev–Trinajstić information content (AvgIpc) is 3.63. The molecule has 13 nitrogen and oxygen atoms in total. The Morgan fingerprint density at radius 1 is 0.800 bits per heavy atom. The van der Waals surface area contributed by atoms with Crippen molar-refractivity contribution < 1.29 is 28.7 Å². The Morgan fingerprint density at radius 3 is 2.17 bits per heavy atom. The number of fused-ring (bicyclic) bond motifs is 2. The third-order valence-corrected chi connectivity index (χ3v) is 15.2. The van der Waals surface area contributed by atoms with Gasteiger partial charge in [0, 0.05) is 97.1 Å². The fraction of sp³-hybridized carbons (Fsp3) is 0.478. The smallest absolute Gasteiger partial charge is 0.262 e. The van der Waals surface area contributed by atoms with Crippen LogP contribution in [0.15, 0.2) is 54.6 Å². The first kappa shape index (κ1) is 38.7. The van der Waals surface area contributed by atoms with E-state index in [0.717, 1.165) is 79.4 Å². The molecule has 1 spiro atoms. The summed E-state index contributed by atoms with van der Waals surface area (Å²) in [6.07, 6.45) is 3.21. The lowest BCUT2D eigenvalue weighted by Gasteiger charge is -2.65. The predicted octanol–water partition coefficient (Wildman–Crippen LogP) is 5.38. The van der Waals surface area contributed by atoms with Crippen LogP contribution in [0.4, 0.5) is 11.4 Å². The molecular weight excluding hydrogens is 782 g/mol. The van der Waals surface area contributed by atoms with Crippen LogP contribution in [0.2, 0.25) is 5.02 Å². The molecule has 2 saturated carbocycles. The lowest BCUT2D eigenvalue weighted by molar-refractivity contribution is -0.199. The van der Waals surface area contributed by atoms with Crippen LogP contribution in [0, 0.1) is 22.2 Å². The van der Waals surface area contributed by atoms with Gasteiger partial charge in [-0.15, -0.1) is 0 Å². The molecule has 3 aromatic rings. The van der Waals surface area contributed by atoms with Crippen molar-refractivity contribution in [2.24, 2.45) is 10.8 Å². The van der Waals surface area contributed by atoms with Gasteiger partial charge in [0.05, 0.1) is 21.7 Å². The van der Waals surface area contributed by atoms with Gasteiger partial charge in [-0.25, -0.2) is 0 Å². The van der Waals surface area contributed by atoms with Crippen molar-refractivity contribution in [1.82, 2.24) is 20.0 Å². The maximum Gasteiger partial charge on any atom is 0.262 e. The first-order chi connectivity index (χ1) is 28.6. The summed E-state index contributed by atoms with van der Waals surface area (Å²) < 4.78 is 6.51. The number of benzene rings is 3. The number of halogens is 1. The molecule has 0 bridgehead atoms. The highest BCUT2D eigenvalue weighted by Gasteiger charge is 2.67. The van der Waals surface area contributed by atoms with Crippen LogP contribution in [0.25, 0.3) is 0 Å². The fourth-order valence-corrected chi connectivity index (χ4v) is 12.4. The molecule has 1 atom stereocenters. The molecule has 310 valence electrons. The highest BCUT2D eigenvalue weighted by molar-refractivity contribution is 6.31. The van der Waals surface area contributed by atoms with Gasteiger partial charge in [-0.3, -0.25) is 39.1 Å². The minimum atomic E-state index is -0.976. The second-order valence-electron chi connectivity index (χ2n) is 19.0. The third-order valence-electron chi connectivity index (χ3n) is 14.8. The number of piperazine rings is 1. The molecule has 5 aliphatic heterocycles. The number of piperidine rings is 1. The van der Waals surface area contributed by atoms with Crippen LogP contribution in [-0.2, 0) is 16.1 Å². The number of imide groups is 2. The Morgan fingerprint density at radius 2 is 1.50 bits per heavy atom. The summed E-state index contributed by atoms with van der Waals surface area (Å²) in [5.41, 5.74) is 4.29. The fourth-order valence-electron chi connectivity index (χ4n) is 12.2. The van der Waals surface area contributed by atoms with E-state index < -0.39 is 29.7 Å². The van der Waals surface area contributed by atoms with Crippen LogP contribution in [0.3, 0.4) is 0 Å².